The van der Waals surface area contributed by atoms with Crippen LogP contribution in [-0.4, -0.2) is 16.5 Å². The van der Waals surface area contributed by atoms with E-state index < -0.39 is 10.8 Å². The van der Waals surface area contributed by atoms with Gasteiger partial charge in [0.15, 0.2) is 0 Å². The number of anilines is 1. The van der Waals surface area contributed by atoms with Gasteiger partial charge in [-0.1, -0.05) is 24.3 Å². The first kappa shape index (κ1) is 14.7. The molecule has 0 bridgehead atoms. The van der Waals surface area contributed by atoms with Gasteiger partial charge in [0.2, 0.25) is 0 Å². The molecule has 0 radical (unpaired) electrons. The third-order valence-electron chi connectivity index (χ3n) is 3.66. The lowest BCUT2D eigenvalue weighted by molar-refractivity contribution is -0.384. The number of hydrogen-bond acceptors (Lipinski definition) is 5. The molecule has 7 heteroatoms. The molecule has 0 unspecified atom stereocenters. The van der Waals surface area contributed by atoms with Gasteiger partial charge in [-0.15, -0.1) is 0 Å². The van der Waals surface area contributed by atoms with Gasteiger partial charge in [0.25, 0.3) is 11.6 Å². The van der Waals surface area contributed by atoms with Gasteiger partial charge in [-0.3, -0.25) is 14.9 Å². The minimum atomic E-state index is -0.591. The zero-order valence-corrected chi connectivity index (χ0v) is 12.2. The standard InChI is InChI=1S/C16H14N4O3/c17-12-7-11(8-13(9-12)20(22)23)16(21)19-18-15-6-5-10-3-1-2-4-14(10)15/h1-4,7-9H,5-6,17H2,(H,19,21)/b18-15+. The van der Waals surface area contributed by atoms with Gasteiger partial charge in [0, 0.05) is 23.4 Å². The number of carbonyl (C=O) groups is 1. The number of nitrogens with zero attached hydrogens (tertiary/aromatic N) is 2. The fourth-order valence-electron chi connectivity index (χ4n) is 2.58. The topological polar surface area (TPSA) is 111 Å². The first-order valence-electron chi connectivity index (χ1n) is 7.05. The second-order valence-corrected chi connectivity index (χ2v) is 5.23. The van der Waals surface area contributed by atoms with Crippen LogP contribution in [0.2, 0.25) is 0 Å². The Morgan fingerprint density at radius 3 is 2.78 bits per heavy atom. The van der Waals surface area contributed by atoms with Gasteiger partial charge in [-0.05, 0) is 24.5 Å². The number of hydrogen-bond donors (Lipinski definition) is 2. The molecule has 0 fully saturated rings. The Morgan fingerprint density at radius 1 is 1.22 bits per heavy atom. The van der Waals surface area contributed by atoms with Crippen molar-refractivity contribution in [1.82, 2.24) is 5.43 Å². The summed E-state index contributed by atoms with van der Waals surface area (Å²) in [6, 6.07) is 11.6. The predicted octanol–water partition coefficient (Wildman–Crippen LogP) is 2.26. The highest BCUT2D eigenvalue weighted by Gasteiger charge is 2.18. The van der Waals surface area contributed by atoms with Crippen molar-refractivity contribution in [3.05, 3.63) is 69.3 Å². The molecule has 2 aromatic rings. The van der Waals surface area contributed by atoms with Gasteiger partial charge in [-0.25, -0.2) is 5.43 Å². The smallest absolute Gasteiger partial charge is 0.272 e. The Kier molecular flexibility index (Phi) is 3.76. The number of nitrogens with two attached hydrogens (primary N) is 1. The number of hydrazone groups is 1. The minimum Gasteiger partial charge on any atom is -0.399 e. The number of nitrogen functional groups attached to an aromatic ring is 1. The van der Waals surface area contributed by atoms with Crippen molar-refractivity contribution in [3.63, 3.8) is 0 Å². The van der Waals surface area contributed by atoms with Crippen LogP contribution in [0.4, 0.5) is 11.4 Å². The maximum Gasteiger partial charge on any atom is 0.272 e. The van der Waals surface area contributed by atoms with Gasteiger partial charge >= 0.3 is 0 Å². The molecule has 23 heavy (non-hydrogen) atoms. The number of rotatable bonds is 3. The Bertz CT molecular complexity index is 830. The largest absolute Gasteiger partial charge is 0.399 e. The molecule has 2 aromatic carbocycles. The van der Waals surface area contributed by atoms with Crippen LogP contribution < -0.4 is 11.2 Å². The van der Waals surface area contributed by atoms with E-state index >= 15 is 0 Å². The van der Waals surface area contributed by atoms with Crippen LogP contribution in [0.3, 0.4) is 0 Å². The Balaban J connectivity index is 1.81. The van der Waals surface area contributed by atoms with E-state index in [0.29, 0.717) is 0 Å². The molecular formula is C16H14N4O3. The molecule has 1 aliphatic rings. The van der Waals surface area contributed by atoms with Crippen molar-refractivity contribution in [2.45, 2.75) is 12.8 Å². The van der Waals surface area contributed by atoms with Crippen LogP contribution in [0.15, 0.2) is 47.6 Å². The van der Waals surface area contributed by atoms with Crippen molar-refractivity contribution in [2.24, 2.45) is 5.10 Å². The fraction of sp³-hybridized carbons (Fsp3) is 0.125. The third-order valence-corrected chi connectivity index (χ3v) is 3.66. The number of aryl methyl sites for hydroxylation is 1. The van der Waals surface area contributed by atoms with Gasteiger partial charge < -0.3 is 5.73 Å². The number of nitro groups is 1. The normalized spacial score (nSPS) is 14.5. The molecule has 0 saturated carbocycles. The summed E-state index contributed by atoms with van der Waals surface area (Å²) < 4.78 is 0. The van der Waals surface area contributed by atoms with E-state index in [2.05, 4.69) is 10.5 Å². The first-order chi connectivity index (χ1) is 11.0. The van der Waals surface area contributed by atoms with E-state index in [1.807, 2.05) is 24.3 Å². The van der Waals surface area contributed by atoms with Crippen LogP contribution >= 0.6 is 0 Å². The van der Waals surface area contributed by atoms with Gasteiger partial charge in [0.1, 0.15) is 0 Å². The molecule has 0 saturated heterocycles. The number of amides is 1. The Morgan fingerprint density at radius 2 is 2.00 bits per heavy atom. The average molecular weight is 310 g/mol. The highest BCUT2D eigenvalue weighted by atomic mass is 16.6. The van der Waals surface area contributed by atoms with Crippen LogP contribution in [-0.2, 0) is 6.42 Å². The number of fused-ring (bicyclic) bond motifs is 1. The lowest BCUT2D eigenvalue weighted by Crippen LogP contribution is -2.19. The Hall–Kier alpha value is -3.22. The molecule has 0 heterocycles. The molecule has 116 valence electrons. The summed E-state index contributed by atoms with van der Waals surface area (Å²) >= 11 is 0. The van der Waals surface area contributed by atoms with E-state index in [9.17, 15) is 14.9 Å². The van der Waals surface area contributed by atoms with Crippen molar-refractivity contribution >= 4 is 23.0 Å². The fourth-order valence-corrected chi connectivity index (χ4v) is 2.58. The quantitative estimate of drug-likeness (QED) is 0.514. The molecule has 1 amide bonds. The van der Waals surface area contributed by atoms with Crippen molar-refractivity contribution in [3.8, 4) is 0 Å². The summed E-state index contributed by atoms with van der Waals surface area (Å²) in [7, 11) is 0. The summed E-state index contributed by atoms with van der Waals surface area (Å²) in [5, 5.41) is 15.0. The predicted molar refractivity (Wildman–Crippen MR) is 86.3 cm³/mol. The van der Waals surface area contributed by atoms with E-state index in [4.69, 9.17) is 5.73 Å². The lowest BCUT2D eigenvalue weighted by atomic mass is 10.1. The number of non-ortho nitro benzene ring substituents is 1. The summed E-state index contributed by atoms with van der Waals surface area (Å²) in [5.41, 5.74) is 11.1. The summed E-state index contributed by atoms with van der Waals surface area (Å²) in [6.45, 7) is 0. The minimum absolute atomic E-state index is 0.104. The third kappa shape index (κ3) is 3.03. The van der Waals surface area contributed by atoms with E-state index in [1.165, 1.54) is 23.8 Å². The van der Waals surface area contributed by atoms with Crippen molar-refractivity contribution in [2.75, 3.05) is 5.73 Å². The van der Waals surface area contributed by atoms with Crippen molar-refractivity contribution < 1.29 is 9.72 Å². The van der Waals surface area contributed by atoms with Crippen LogP contribution in [0.25, 0.3) is 0 Å². The maximum absolute atomic E-state index is 12.1. The lowest BCUT2D eigenvalue weighted by Gasteiger charge is -2.04. The highest BCUT2D eigenvalue weighted by Crippen LogP contribution is 2.22. The molecule has 0 aliphatic heterocycles. The highest BCUT2D eigenvalue weighted by molar-refractivity contribution is 6.05. The van der Waals surface area contributed by atoms with Crippen LogP contribution in [0.5, 0.6) is 0 Å². The molecular weight excluding hydrogens is 296 g/mol. The van der Waals surface area contributed by atoms with E-state index in [1.54, 1.807) is 0 Å². The summed E-state index contributed by atoms with van der Waals surface area (Å²) in [5.74, 6) is -0.530. The van der Waals surface area contributed by atoms with E-state index in [-0.39, 0.29) is 16.9 Å². The first-order valence-corrected chi connectivity index (χ1v) is 7.05. The Labute approximate surface area is 132 Å². The molecule has 7 nitrogen and oxygen atoms in total. The monoisotopic (exact) mass is 310 g/mol. The molecule has 0 spiro atoms. The number of carbonyl (C=O) groups excluding carboxylic acids is 1. The van der Waals surface area contributed by atoms with Gasteiger partial charge in [-0.2, -0.15) is 5.10 Å². The van der Waals surface area contributed by atoms with Gasteiger partial charge in [0.05, 0.1) is 16.2 Å². The number of benzene rings is 2. The molecule has 3 N–H and O–H groups in total. The average Bonchev–Trinajstić information content (AvgIpc) is 2.95. The maximum atomic E-state index is 12.1. The molecule has 3 rings (SSSR count). The second kappa shape index (κ2) is 5.88. The number of nitro benzene ring substituents is 1. The summed E-state index contributed by atoms with van der Waals surface area (Å²) in [4.78, 5) is 22.4. The molecule has 1 aliphatic carbocycles. The molecule has 0 aromatic heterocycles. The zero-order valence-electron chi connectivity index (χ0n) is 12.2. The van der Waals surface area contributed by atoms with Crippen LogP contribution in [0, 0.1) is 10.1 Å². The van der Waals surface area contributed by atoms with Crippen LogP contribution in [0.1, 0.15) is 27.9 Å². The molecule has 0 atom stereocenters. The SMILES string of the molecule is Nc1cc(C(=O)N/N=C2\CCc3ccccc32)cc([N+](=O)[O-])c1. The van der Waals surface area contributed by atoms with E-state index in [0.717, 1.165) is 24.1 Å². The second-order valence-electron chi connectivity index (χ2n) is 5.23. The number of nitrogens with one attached hydrogen (secondary N) is 1. The zero-order chi connectivity index (χ0) is 16.4. The van der Waals surface area contributed by atoms with Crippen molar-refractivity contribution in [1.29, 1.82) is 0 Å². The summed E-state index contributed by atoms with van der Waals surface area (Å²) in [6.07, 6.45) is 1.63.